The standard InChI is InChI=1S/C14H25N3O3/c1-11(2)10-16-6-8-17(9-7-16)13(20)15-14(12(18)19)4-3-5-14/h11H,3-10H2,1-2H3,(H,15,20)(H,18,19). The van der Waals surface area contributed by atoms with E-state index in [1.807, 2.05) is 0 Å². The van der Waals surface area contributed by atoms with Gasteiger partial charge in [-0.05, 0) is 25.2 Å². The van der Waals surface area contributed by atoms with Crippen LogP contribution in [0.3, 0.4) is 0 Å². The molecule has 0 unspecified atom stereocenters. The van der Waals surface area contributed by atoms with Crippen molar-refractivity contribution in [1.82, 2.24) is 15.1 Å². The highest BCUT2D eigenvalue weighted by Crippen LogP contribution is 2.32. The lowest BCUT2D eigenvalue weighted by Gasteiger charge is -2.41. The van der Waals surface area contributed by atoms with Crippen molar-refractivity contribution in [1.29, 1.82) is 0 Å². The van der Waals surface area contributed by atoms with Gasteiger partial charge in [0.2, 0.25) is 0 Å². The summed E-state index contributed by atoms with van der Waals surface area (Å²) in [5.74, 6) is -0.281. The number of hydrogen-bond donors (Lipinski definition) is 2. The SMILES string of the molecule is CC(C)CN1CCN(C(=O)NC2(C(=O)O)CCC2)CC1. The number of nitrogens with one attached hydrogen (secondary N) is 1. The Hall–Kier alpha value is -1.30. The molecule has 2 rings (SSSR count). The van der Waals surface area contributed by atoms with Gasteiger partial charge >= 0.3 is 12.0 Å². The normalized spacial score (nSPS) is 22.4. The van der Waals surface area contributed by atoms with Crippen LogP contribution >= 0.6 is 0 Å². The molecule has 1 aliphatic heterocycles. The number of nitrogens with zero attached hydrogens (tertiary/aromatic N) is 2. The number of rotatable bonds is 4. The molecule has 2 aliphatic rings. The Bertz CT molecular complexity index is 372. The third-order valence-electron chi connectivity index (χ3n) is 4.25. The first-order valence-electron chi connectivity index (χ1n) is 7.46. The number of carbonyl (C=O) groups is 2. The highest BCUT2D eigenvalue weighted by molar-refractivity contribution is 5.87. The maximum absolute atomic E-state index is 12.2. The molecule has 0 spiro atoms. The highest BCUT2D eigenvalue weighted by Gasteiger charge is 2.46. The topological polar surface area (TPSA) is 72.9 Å². The summed E-state index contributed by atoms with van der Waals surface area (Å²) in [6.45, 7) is 8.51. The Morgan fingerprint density at radius 1 is 1.20 bits per heavy atom. The molecule has 0 bridgehead atoms. The van der Waals surface area contributed by atoms with Gasteiger partial charge in [-0.2, -0.15) is 0 Å². The van der Waals surface area contributed by atoms with Crippen LogP contribution in [0.5, 0.6) is 0 Å². The summed E-state index contributed by atoms with van der Waals surface area (Å²) in [5, 5.41) is 12.0. The third-order valence-corrected chi connectivity index (χ3v) is 4.25. The van der Waals surface area contributed by atoms with Crippen molar-refractivity contribution in [2.75, 3.05) is 32.7 Å². The number of aliphatic carboxylic acids is 1. The molecule has 0 aromatic carbocycles. The summed E-state index contributed by atoms with van der Waals surface area (Å²) in [6, 6.07) is -0.226. The van der Waals surface area contributed by atoms with Gasteiger partial charge in [-0.15, -0.1) is 0 Å². The summed E-state index contributed by atoms with van der Waals surface area (Å²) in [4.78, 5) is 27.5. The number of piperazine rings is 1. The summed E-state index contributed by atoms with van der Waals surface area (Å²) in [7, 11) is 0. The van der Waals surface area contributed by atoms with Crippen molar-refractivity contribution in [3.05, 3.63) is 0 Å². The molecular formula is C14H25N3O3. The van der Waals surface area contributed by atoms with Gasteiger partial charge in [0, 0.05) is 32.7 Å². The van der Waals surface area contributed by atoms with Gasteiger partial charge in [-0.25, -0.2) is 9.59 Å². The van der Waals surface area contributed by atoms with Crippen molar-refractivity contribution in [3.63, 3.8) is 0 Å². The minimum atomic E-state index is -1.01. The lowest BCUT2D eigenvalue weighted by molar-refractivity contribution is -0.148. The van der Waals surface area contributed by atoms with Crippen LogP contribution in [-0.4, -0.2) is 65.2 Å². The fourth-order valence-corrected chi connectivity index (χ4v) is 2.86. The zero-order valence-corrected chi connectivity index (χ0v) is 12.4. The predicted molar refractivity (Wildman–Crippen MR) is 75.6 cm³/mol. The van der Waals surface area contributed by atoms with Crippen molar-refractivity contribution in [2.45, 2.75) is 38.6 Å². The fraction of sp³-hybridized carbons (Fsp3) is 0.857. The second-order valence-electron chi connectivity index (χ2n) is 6.35. The molecule has 1 aliphatic carbocycles. The Morgan fingerprint density at radius 2 is 1.80 bits per heavy atom. The van der Waals surface area contributed by atoms with Crippen LogP contribution in [0.4, 0.5) is 4.79 Å². The minimum Gasteiger partial charge on any atom is -0.480 e. The summed E-state index contributed by atoms with van der Waals surface area (Å²) >= 11 is 0. The number of carboxylic acid groups (broad SMARTS) is 1. The van der Waals surface area contributed by atoms with E-state index in [4.69, 9.17) is 0 Å². The molecule has 0 aromatic rings. The second kappa shape index (κ2) is 5.99. The molecular weight excluding hydrogens is 258 g/mol. The molecule has 2 N–H and O–H groups in total. The fourth-order valence-electron chi connectivity index (χ4n) is 2.86. The number of hydrogen-bond acceptors (Lipinski definition) is 3. The molecule has 1 heterocycles. The van der Waals surface area contributed by atoms with E-state index in [2.05, 4.69) is 24.1 Å². The molecule has 2 amide bonds. The van der Waals surface area contributed by atoms with Crippen LogP contribution in [0, 0.1) is 5.92 Å². The van der Waals surface area contributed by atoms with E-state index in [-0.39, 0.29) is 6.03 Å². The van der Waals surface area contributed by atoms with Crippen LogP contribution in [0.1, 0.15) is 33.1 Å². The highest BCUT2D eigenvalue weighted by atomic mass is 16.4. The number of carboxylic acids is 1. The van der Waals surface area contributed by atoms with Crippen LogP contribution in [0.25, 0.3) is 0 Å². The van der Waals surface area contributed by atoms with Gasteiger partial charge in [0.1, 0.15) is 5.54 Å². The summed E-state index contributed by atoms with van der Waals surface area (Å²) in [6.07, 6.45) is 1.96. The predicted octanol–water partition coefficient (Wildman–Crippen LogP) is 0.977. The van der Waals surface area contributed by atoms with Gasteiger partial charge in [0.25, 0.3) is 0 Å². The molecule has 6 heteroatoms. The average Bonchev–Trinajstić information content (AvgIpc) is 2.33. The van der Waals surface area contributed by atoms with Crippen LogP contribution in [0.15, 0.2) is 0 Å². The van der Waals surface area contributed by atoms with Crippen LogP contribution in [0.2, 0.25) is 0 Å². The quantitative estimate of drug-likeness (QED) is 0.806. The van der Waals surface area contributed by atoms with Gasteiger partial charge in [0.05, 0.1) is 0 Å². The van der Waals surface area contributed by atoms with E-state index < -0.39 is 11.5 Å². The van der Waals surface area contributed by atoms with Crippen molar-refractivity contribution >= 4 is 12.0 Å². The first kappa shape index (κ1) is 15.1. The third kappa shape index (κ3) is 3.23. The Balaban J connectivity index is 1.81. The van der Waals surface area contributed by atoms with E-state index in [9.17, 15) is 14.7 Å². The number of amides is 2. The molecule has 0 radical (unpaired) electrons. The maximum atomic E-state index is 12.2. The lowest BCUT2D eigenvalue weighted by atomic mass is 9.77. The van der Waals surface area contributed by atoms with Crippen molar-refractivity contribution < 1.29 is 14.7 Å². The molecule has 20 heavy (non-hydrogen) atoms. The molecule has 0 atom stereocenters. The van der Waals surface area contributed by atoms with Gasteiger partial charge in [-0.3, -0.25) is 4.90 Å². The summed E-state index contributed by atoms with van der Waals surface area (Å²) < 4.78 is 0. The molecule has 0 aromatic heterocycles. The molecule has 114 valence electrons. The molecule has 6 nitrogen and oxygen atoms in total. The minimum absolute atomic E-state index is 0.226. The zero-order chi connectivity index (χ0) is 14.8. The maximum Gasteiger partial charge on any atom is 0.329 e. The van der Waals surface area contributed by atoms with Crippen molar-refractivity contribution in [2.24, 2.45) is 5.92 Å². The molecule has 1 saturated carbocycles. The van der Waals surface area contributed by atoms with Gasteiger partial charge < -0.3 is 15.3 Å². The Morgan fingerprint density at radius 3 is 2.20 bits per heavy atom. The summed E-state index contributed by atoms with van der Waals surface area (Å²) in [5.41, 5.74) is -1.01. The number of urea groups is 1. The monoisotopic (exact) mass is 283 g/mol. The largest absolute Gasteiger partial charge is 0.480 e. The first-order chi connectivity index (χ1) is 9.43. The van der Waals surface area contributed by atoms with Gasteiger partial charge in [-0.1, -0.05) is 13.8 Å². The smallest absolute Gasteiger partial charge is 0.329 e. The van der Waals surface area contributed by atoms with E-state index in [1.165, 1.54) is 0 Å². The van der Waals surface area contributed by atoms with E-state index in [0.29, 0.717) is 31.8 Å². The molecule has 2 fully saturated rings. The van der Waals surface area contributed by atoms with Crippen molar-refractivity contribution in [3.8, 4) is 0 Å². The van der Waals surface area contributed by atoms with E-state index in [1.54, 1.807) is 4.90 Å². The zero-order valence-electron chi connectivity index (χ0n) is 12.4. The number of carbonyl (C=O) groups excluding carboxylic acids is 1. The average molecular weight is 283 g/mol. The lowest BCUT2D eigenvalue weighted by Crippen LogP contribution is -2.63. The Labute approximate surface area is 120 Å². The molecule has 1 saturated heterocycles. The Kier molecular flexibility index (Phi) is 4.52. The van der Waals surface area contributed by atoms with E-state index in [0.717, 1.165) is 26.1 Å². The van der Waals surface area contributed by atoms with Gasteiger partial charge in [0.15, 0.2) is 0 Å². The van der Waals surface area contributed by atoms with Crippen LogP contribution in [-0.2, 0) is 4.79 Å². The first-order valence-corrected chi connectivity index (χ1v) is 7.46. The van der Waals surface area contributed by atoms with E-state index >= 15 is 0 Å². The van der Waals surface area contributed by atoms with Crippen LogP contribution < -0.4 is 5.32 Å². The second-order valence-corrected chi connectivity index (χ2v) is 6.35.